The zero-order valence-electron chi connectivity index (χ0n) is 15.2. The third-order valence-corrected chi connectivity index (χ3v) is 10.3. The van der Waals surface area contributed by atoms with E-state index in [-0.39, 0.29) is 5.67 Å². The van der Waals surface area contributed by atoms with Crippen LogP contribution in [-0.2, 0) is 0 Å². The molecule has 2 N–H and O–H groups in total. The van der Waals surface area contributed by atoms with Crippen molar-refractivity contribution in [2.75, 3.05) is 0 Å². The third-order valence-electron chi connectivity index (χ3n) is 5.31. The van der Waals surface area contributed by atoms with Gasteiger partial charge in [-0.2, -0.15) is 0 Å². The van der Waals surface area contributed by atoms with Gasteiger partial charge < -0.3 is 5.73 Å². The van der Waals surface area contributed by atoms with Crippen LogP contribution in [0.4, 0.5) is 0 Å². The van der Waals surface area contributed by atoms with E-state index < -0.39 is 8.07 Å². The molecule has 0 aromatic heterocycles. The van der Waals surface area contributed by atoms with Crippen molar-refractivity contribution in [1.82, 2.24) is 0 Å². The van der Waals surface area contributed by atoms with Crippen LogP contribution < -0.4 is 21.3 Å². The predicted molar refractivity (Wildman–Crippen MR) is 117 cm³/mol. The molecule has 4 rings (SSSR count). The van der Waals surface area contributed by atoms with Crippen molar-refractivity contribution in [3.63, 3.8) is 0 Å². The van der Waals surface area contributed by atoms with Crippen molar-refractivity contribution in [2.24, 2.45) is 5.73 Å². The largest absolute Gasteiger partial charge is 0.325 e. The van der Waals surface area contributed by atoms with E-state index in [2.05, 4.69) is 115 Å². The highest BCUT2D eigenvalue weighted by Gasteiger charge is 2.45. The van der Waals surface area contributed by atoms with Crippen LogP contribution in [-0.4, -0.2) is 8.07 Å². The van der Waals surface area contributed by atoms with Crippen molar-refractivity contribution in [3.8, 4) is 0 Å². The molecule has 0 unspecified atom stereocenters. The highest BCUT2D eigenvalue weighted by Crippen LogP contribution is 2.23. The topological polar surface area (TPSA) is 26.0 Å². The lowest BCUT2D eigenvalue weighted by atomic mass is 10.2. The number of benzene rings is 4. The summed E-state index contributed by atoms with van der Waals surface area (Å²) in [5.74, 6) is 0. The van der Waals surface area contributed by atoms with Gasteiger partial charge in [0.2, 0.25) is 0 Å². The monoisotopic (exact) mass is 365 g/mol. The second-order valence-corrected chi connectivity index (χ2v) is 10.8. The normalized spacial score (nSPS) is 12.5. The fourth-order valence-electron chi connectivity index (χ4n) is 4.05. The lowest BCUT2D eigenvalue weighted by Crippen LogP contribution is -2.72. The lowest BCUT2D eigenvalue weighted by Gasteiger charge is -2.39. The van der Waals surface area contributed by atoms with E-state index in [4.69, 9.17) is 5.73 Å². The van der Waals surface area contributed by atoms with E-state index in [1.54, 1.807) is 0 Å². The first-order valence-electron chi connectivity index (χ1n) is 9.30. The van der Waals surface area contributed by atoms with Crippen molar-refractivity contribution in [3.05, 3.63) is 127 Å². The summed E-state index contributed by atoms with van der Waals surface area (Å²) in [6.45, 7) is 0. The Hall–Kier alpha value is -2.94. The highest BCUT2D eigenvalue weighted by atomic mass is 28.3. The van der Waals surface area contributed by atoms with Gasteiger partial charge in [-0.05, 0) is 21.1 Å². The fraction of sp³-hybridized carbons (Fsp3) is 0.0400. The molecule has 27 heavy (non-hydrogen) atoms. The summed E-state index contributed by atoms with van der Waals surface area (Å²) in [5, 5.41) is 4.00. The molecule has 132 valence electrons. The van der Waals surface area contributed by atoms with Crippen LogP contribution in [0.3, 0.4) is 0 Å². The Morgan fingerprint density at radius 3 is 1.07 bits per heavy atom. The van der Waals surface area contributed by atoms with Crippen molar-refractivity contribution < 1.29 is 0 Å². The minimum absolute atomic E-state index is 0.0918. The van der Waals surface area contributed by atoms with Gasteiger partial charge in [-0.1, -0.05) is 121 Å². The zero-order valence-corrected chi connectivity index (χ0v) is 16.2. The SMILES string of the molecule is N[C@H](c1ccccc1)[Si](c1ccccc1)(c1ccccc1)c1ccccc1. The first-order valence-corrected chi connectivity index (χ1v) is 11.4. The lowest BCUT2D eigenvalue weighted by molar-refractivity contribution is 0.981. The van der Waals surface area contributed by atoms with Gasteiger partial charge in [-0.25, -0.2) is 0 Å². The molecule has 0 aliphatic rings. The molecule has 4 aromatic carbocycles. The van der Waals surface area contributed by atoms with Crippen molar-refractivity contribution in [1.29, 1.82) is 0 Å². The summed E-state index contributed by atoms with van der Waals surface area (Å²) in [4.78, 5) is 0. The first kappa shape index (κ1) is 17.5. The summed E-state index contributed by atoms with van der Waals surface area (Å²) in [6, 6.07) is 43.0. The first-order chi connectivity index (χ1) is 13.3. The molecule has 0 aliphatic carbocycles. The minimum atomic E-state index is -2.49. The maximum Gasteiger partial charge on any atom is 0.169 e. The average molecular weight is 366 g/mol. The quantitative estimate of drug-likeness (QED) is 0.426. The van der Waals surface area contributed by atoms with E-state index in [1.807, 2.05) is 6.07 Å². The Kier molecular flexibility index (Phi) is 5.01. The molecule has 1 nitrogen and oxygen atoms in total. The van der Waals surface area contributed by atoms with E-state index >= 15 is 0 Å². The van der Waals surface area contributed by atoms with Gasteiger partial charge in [0.05, 0.1) is 0 Å². The minimum Gasteiger partial charge on any atom is -0.325 e. The Bertz CT molecular complexity index is 873. The molecule has 0 heterocycles. The Morgan fingerprint density at radius 2 is 0.741 bits per heavy atom. The van der Waals surface area contributed by atoms with Gasteiger partial charge in [-0.3, -0.25) is 0 Å². The summed E-state index contributed by atoms with van der Waals surface area (Å²) in [5.41, 5.74) is 8.22. The van der Waals surface area contributed by atoms with Crippen molar-refractivity contribution in [2.45, 2.75) is 5.67 Å². The van der Waals surface area contributed by atoms with E-state index in [1.165, 1.54) is 21.1 Å². The van der Waals surface area contributed by atoms with Gasteiger partial charge in [0.15, 0.2) is 8.07 Å². The van der Waals surface area contributed by atoms with Crippen molar-refractivity contribution >= 4 is 23.6 Å². The third kappa shape index (κ3) is 3.14. The second kappa shape index (κ2) is 7.75. The van der Waals surface area contributed by atoms with E-state index in [0.717, 1.165) is 0 Å². The number of hydrogen-bond donors (Lipinski definition) is 1. The molecule has 0 saturated carbocycles. The molecule has 0 radical (unpaired) electrons. The van der Waals surface area contributed by atoms with Gasteiger partial charge in [0, 0.05) is 5.67 Å². The van der Waals surface area contributed by atoms with Gasteiger partial charge in [0.1, 0.15) is 0 Å². The molecule has 0 aliphatic heterocycles. The summed E-state index contributed by atoms with van der Waals surface area (Å²) < 4.78 is 0. The molecule has 0 spiro atoms. The predicted octanol–water partition coefficient (Wildman–Crippen LogP) is 3.40. The van der Waals surface area contributed by atoms with E-state index in [9.17, 15) is 0 Å². The summed E-state index contributed by atoms with van der Waals surface area (Å²) in [7, 11) is -2.49. The van der Waals surface area contributed by atoms with Crippen LogP contribution in [0.1, 0.15) is 11.2 Å². The van der Waals surface area contributed by atoms with Crippen LogP contribution in [0.5, 0.6) is 0 Å². The Labute approximate surface area is 162 Å². The molecule has 4 aromatic rings. The highest BCUT2D eigenvalue weighted by molar-refractivity contribution is 7.12. The molecule has 0 fully saturated rings. The zero-order chi connectivity index (χ0) is 18.5. The molecular formula is C25H23NSi. The maximum atomic E-state index is 7.13. The summed E-state index contributed by atoms with van der Waals surface area (Å²) >= 11 is 0. The molecule has 0 amide bonds. The second-order valence-electron chi connectivity index (χ2n) is 6.79. The van der Waals surface area contributed by atoms with Crippen LogP contribution in [0.15, 0.2) is 121 Å². The van der Waals surface area contributed by atoms with E-state index in [0.29, 0.717) is 0 Å². The average Bonchev–Trinajstić information content (AvgIpc) is 2.77. The van der Waals surface area contributed by atoms with Crippen LogP contribution >= 0.6 is 0 Å². The number of hydrogen-bond acceptors (Lipinski definition) is 1. The van der Waals surface area contributed by atoms with Gasteiger partial charge in [-0.15, -0.1) is 0 Å². The standard InChI is InChI=1S/C25H23NSi/c26-25(21-13-5-1-6-14-21)27(22-15-7-2-8-16-22,23-17-9-3-10-18-23)24-19-11-4-12-20-24/h1-20,25H,26H2/t25-/m0/s1. The maximum absolute atomic E-state index is 7.13. The molecule has 0 bridgehead atoms. The molecule has 0 saturated heterocycles. The smallest absolute Gasteiger partial charge is 0.169 e. The molecule has 1 atom stereocenters. The van der Waals surface area contributed by atoms with Crippen LogP contribution in [0, 0.1) is 0 Å². The van der Waals surface area contributed by atoms with Gasteiger partial charge >= 0.3 is 0 Å². The number of rotatable bonds is 5. The molecule has 2 heteroatoms. The van der Waals surface area contributed by atoms with Gasteiger partial charge in [0.25, 0.3) is 0 Å². The number of nitrogens with two attached hydrogens (primary N) is 1. The Morgan fingerprint density at radius 1 is 0.444 bits per heavy atom. The molecular weight excluding hydrogens is 342 g/mol. The van der Waals surface area contributed by atoms with Crippen LogP contribution in [0.25, 0.3) is 0 Å². The fourth-order valence-corrected chi connectivity index (χ4v) is 8.98. The van der Waals surface area contributed by atoms with Crippen LogP contribution in [0.2, 0.25) is 0 Å². The summed E-state index contributed by atoms with van der Waals surface area (Å²) in [6.07, 6.45) is 0. The Balaban J connectivity index is 2.07.